The molecule has 0 aliphatic rings. The summed E-state index contributed by atoms with van der Waals surface area (Å²) in [6.45, 7) is 2.53. The number of hydrogen-bond donors (Lipinski definition) is 1. The van der Waals surface area contributed by atoms with Gasteiger partial charge in [0.25, 0.3) is 0 Å². The van der Waals surface area contributed by atoms with Gasteiger partial charge in [0, 0.05) is 40.0 Å². The predicted octanol–water partition coefficient (Wildman–Crippen LogP) is 2.43. The van der Waals surface area contributed by atoms with Crippen molar-refractivity contribution in [2.75, 3.05) is 45.3 Å². The number of aromatic nitrogens is 1. The molecular weight excluding hydrogens is 295 g/mol. The van der Waals surface area contributed by atoms with E-state index in [0.717, 1.165) is 12.3 Å². The monoisotopic (exact) mass is 311 g/mol. The maximum atomic E-state index is 12.5. The Morgan fingerprint density at radius 1 is 1.40 bits per heavy atom. The summed E-state index contributed by atoms with van der Waals surface area (Å²) in [5, 5.41) is 3.11. The quantitative estimate of drug-likeness (QED) is 0.785. The molecule has 8 heteroatoms. The van der Waals surface area contributed by atoms with Crippen molar-refractivity contribution in [2.24, 2.45) is 0 Å². The minimum Gasteiger partial charge on any atom is -0.383 e. The molecule has 0 unspecified atom stereocenters. The third-order valence-electron chi connectivity index (χ3n) is 2.62. The normalized spacial score (nSPS) is 11.7. The number of rotatable bonds is 7. The molecule has 0 saturated heterocycles. The fourth-order valence-electron chi connectivity index (χ4n) is 1.52. The molecule has 0 radical (unpaired) electrons. The Morgan fingerprint density at radius 3 is 2.65 bits per heavy atom. The van der Waals surface area contributed by atoms with Crippen LogP contribution in [-0.2, 0) is 10.9 Å². The second-order valence-electron chi connectivity index (χ2n) is 4.19. The number of halogens is 4. The van der Waals surface area contributed by atoms with Crippen LogP contribution < -0.4 is 10.2 Å². The number of ether oxygens (including phenoxy) is 1. The lowest BCUT2D eigenvalue weighted by atomic mass is 10.2. The van der Waals surface area contributed by atoms with Crippen molar-refractivity contribution in [1.29, 1.82) is 0 Å². The molecule has 0 aliphatic heterocycles. The number of alkyl halides is 3. The predicted molar refractivity (Wildman–Crippen MR) is 72.3 cm³/mol. The molecule has 1 aromatic heterocycles. The van der Waals surface area contributed by atoms with Crippen molar-refractivity contribution >= 4 is 17.4 Å². The van der Waals surface area contributed by atoms with Crippen LogP contribution in [0.5, 0.6) is 0 Å². The van der Waals surface area contributed by atoms with Gasteiger partial charge >= 0.3 is 6.18 Å². The highest BCUT2D eigenvalue weighted by Crippen LogP contribution is 2.33. The first-order chi connectivity index (χ1) is 9.36. The lowest BCUT2D eigenvalue weighted by Gasteiger charge is -2.20. The standard InChI is InChI=1S/C12H17ClF3N3O/c1-19(5-3-17-4-6-20-2)11-10(13)7-9(8-18-11)12(14,15)16/h7-8,17H,3-6H2,1-2H3. The molecule has 0 amide bonds. The number of pyridine rings is 1. The van der Waals surface area contributed by atoms with Crippen molar-refractivity contribution in [1.82, 2.24) is 10.3 Å². The van der Waals surface area contributed by atoms with E-state index in [0.29, 0.717) is 32.1 Å². The largest absolute Gasteiger partial charge is 0.417 e. The first-order valence-corrected chi connectivity index (χ1v) is 6.37. The fourth-order valence-corrected chi connectivity index (χ4v) is 1.83. The minimum absolute atomic E-state index is 0.0146. The zero-order valence-electron chi connectivity index (χ0n) is 11.3. The number of nitrogens with one attached hydrogen (secondary N) is 1. The van der Waals surface area contributed by atoms with Gasteiger partial charge in [0.1, 0.15) is 5.82 Å². The molecule has 1 aromatic rings. The lowest BCUT2D eigenvalue weighted by molar-refractivity contribution is -0.137. The zero-order valence-corrected chi connectivity index (χ0v) is 12.1. The first-order valence-electron chi connectivity index (χ1n) is 5.99. The molecular formula is C12H17ClF3N3O. The summed E-state index contributed by atoms with van der Waals surface area (Å²) in [6, 6.07) is 0.888. The van der Waals surface area contributed by atoms with Gasteiger partial charge in [-0.1, -0.05) is 11.6 Å². The van der Waals surface area contributed by atoms with E-state index >= 15 is 0 Å². The van der Waals surface area contributed by atoms with Crippen LogP contribution in [0.4, 0.5) is 19.0 Å². The molecule has 4 nitrogen and oxygen atoms in total. The van der Waals surface area contributed by atoms with Crippen LogP contribution in [0.25, 0.3) is 0 Å². The first kappa shape index (κ1) is 17.0. The Morgan fingerprint density at radius 2 is 2.10 bits per heavy atom. The average molecular weight is 312 g/mol. The summed E-state index contributed by atoms with van der Waals surface area (Å²) in [5.74, 6) is 0.327. The van der Waals surface area contributed by atoms with E-state index in [2.05, 4.69) is 10.3 Å². The Bertz CT molecular complexity index is 429. The molecule has 1 N–H and O–H groups in total. The molecule has 0 aliphatic carbocycles. The molecule has 1 rings (SSSR count). The Hall–Kier alpha value is -1.05. The van der Waals surface area contributed by atoms with Gasteiger partial charge in [0.05, 0.1) is 17.2 Å². The summed E-state index contributed by atoms with van der Waals surface area (Å²) in [4.78, 5) is 5.48. The van der Waals surface area contributed by atoms with Crippen LogP contribution in [0.3, 0.4) is 0 Å². The van der Waals surface area contributed by atoms with Crippen molar-refractivity contribution < 1.29 is 17.9 Å². The van der Waals surface area contributed by atoms with Crippen LogP contribution >= 0.6 is 11.6 Å². The molecule has 0 fully saturated rings. The molecule has 114 valence electrons. The van der Waals surface area contributed by atoms with Crippen molar-refractivity contribution in [2.45, 2.75) is 6.18 Å². The number of nitrogens with zero attached hydrogens (tertiary/aromatic N) is 2. The van der Waals surface area contributed by atoms with Gasteiger partial charge in [0.2, 0.25) is 0 Å². The smallest absolute Gasteiger partial charge is 0.383 e. The lowest BCUT2D eigenvalue weighted by Crippen LogP contribution is -2.31. The SMILES string of the molecule is COCCNCCN(C)c1ncc(C(F)(F)F)cc1Cl. The van der Waals surface area contributed by atoms with E-state index in [1.165, 1.54) is 0 Å². The zero-order chi connectivity index (χ0) is 15.2. The molecule has 0 aromatic carbocycles. The highest BCUT2D eigenvalue weighted by Gasteiger charge is 2.31. The van der Waals surface area contributed by atoms with Crippen LogP contribution in [0.2, 0.25) is 5.02 Å². The van der Waals surface area contributed by atoms with Gasteiger partial charge in [-0.05, 0) is 6.07 Å². The van der Waals surface area contributed by atoms with E-state index in [1.54, 1.807) is 19.1 Å². The van der Waals surface area contributed by atoms with Crippen LogP contribution in [0, 0.1) is 0 Å². The highest BCUT2D eigenvalue weighted by atomic mass is 35.5. The number of methoxy groups -OCH3 is 1. The molecule has 1 heterocycles. The molecule has 0 saturated carbocycles. The molecule has 0 spiro atoms. The van der Waals surface area contributed by atoms with Gasteiger partial charge in [0.15, 0.2) is 0 Å². The fraction of sp³-hybridized carbons (Fsp3) is 0.583. The third-order valence-corrected chi connectivity index (χ3v) is 2.90. The van der Waals surface area contributed by atoms with Crippen LogP contribution in [-0.4, -0.2) is 45.4 Å². The summed E-state index contributed by atoms with van der Waals surface area (Å²) in [6.07, 6.45) is -3.65. The van der Waals surface area contributed by atoms with Crippen molar-refractivity contribution in [3.63, 3.8) is 0 Å². The van der Waals surface area contributed by atoms with Crippen molar-refractivity contribution in [3.05, 3.63) is 22.8 Å². The number of anilines is 1. The third kappa shape index (κ3) is 5.15. The minimum atomic E-state index is -4.44. The van der Waals surface area contributed by atoms with Crippen LogP contribution in [0.15, 0.2) is 12.3 Å². The summed E-state index contributed by atoms with van der Waals surface area (Å²) < 4.78 is 42.3. The van der Waals surface area contributed by atoms with Gasteiger partial charge in [-0.25, -0.2) is 4.98 Å². The highest BCUT2D eigenvalue weighted by molar-refractivity contribution is 6.33. The summed E-state index contributed by atoms with van der Waals surface area (Å²) in [7, 11) is 3.33. The summed E-state index contributed by atoms with van der Waals surface area (Å²) >= 11 is 5.85. The Kier molecular flexibility index (Phi) is 6.51. The van der Waals surface area contributed by atoms with E-state index in [-0.39, 0.29) is 5.02 Å². The van der Waals surface area contributed by atoms with E-state index in [9.17, 15) is 13.2 Å². The van der Waals surface area contributed by atoms with Gasteiger partial charge in [-0.2, -0.15) is 13.2 Å². The maximum Gasteiger partial charge on any atom is 0.417 e. The average Bonchev–Trinajstić information content (AvgIpc) is 2.37. The Labute approximate surface area is 120 Å². The number of likely N-dealkylation sites (N-methyl/N-ethyl adjacent to an activating group) is 1. The van der Waals surface area contributed by atoms with Crippen LogP contribution in [0.1, 0.15) is 5.56 Å². The van der Waals surface area contributed by atoms with Gasteiger partial charge < -0.3 is 15.0 Å². The second-order valence-corrected chi connectivity index (χ2v) is 4.60. The second kappa shape index (κ2) is 7.66. The van der Waals surface area contributed by atoms with Gasteiger partial charge in [-0.15, -0.1) is 0 Å². The maximum absolute atomic E-state index is 12.5. The Balaban J connectivity index is 2.58. The molecule has 0 bridgehead atoms. The summed E-state index contributed by atoms with van der Waals surface area (Å²) in [5.41, 5.74) is -0.849. The van der Waals surface area contributed by atoms with Crippen molar-refractivity contribution in [3.8, 4) is 0 Å². The molecule has 20 heavy (non-hydrogen) atoms. The topological polar surface area (TPSA) is 37.4 Å². The van der Waals surface area contributed by atoms with E-state index < -0.39 is 11.7 Å². The number of hydrogen-bond acceptors (Lipinski definition) is 4. The van der Waals surface area contributed by atoms with Gasteiger partial charge in [-0.3, -0.25) is 0 Å². The molecule has 0 atom stereocenters. The van der Waals surface area contributed by atoms with E-state index in [4.69, 9.17) is 16.3 Å². The van der Waals surface area contributed by atoms with E-state index in [1.807, 2.05) is 0 Å².